The monoisotopic (exact) mass is 232 g/mol. The SMILES string of the molecule is C[C@@H](c1ccccc1)c1cc(Cl)ccc1O. The molecule has 1 nitrogen and oxygen atoms in total. The van der Waals surface area contributed by atoms with Crippen molar-refractivity contribution >= 4 is 11.6 Å². The molecule has 16 heavy (non-hydrogen) atoms. The van der Waals surface area contributed by atoms with Crippen LogP contribution in [-0.2, 0) is 0 Å². The molecule has 0 aromatic heterocycles. The number of halogens is 1. The Bertz CT molecular complexity index is 479. The van der Waals surface area contributed by atoms with Crippen LogP contribution in [0.1, 0.15) is 24.0 Å². The van der Waals surface area contributed by atoms with E-state index < -0.39 is 0 Å². The minimum Gasteiger partial charge on any atom is -0.508 e. The number of phenolic OH excluding ortho intramolecular Hbond substituents is 1. The molecule has 2 heteroatoms. The number of rotatable bonds is 2. The molecule has 0 radical (unpaired) electrons. The highest BCUT2D eigenvalue weighted by atomic mass is 35.5. The second-order valence-corrected chi connectivity index (χ2v) is 4.27. The summed E-state index contributed by atoms with van der Waals surface area (Å²) in [4.78, 5) is 0. The lowest BCUT2D eigenvalue weighted by molar-refractivity contribution is 0.466. The van der Waals surface area contributed by atoms with E-state index >= 15 is 0 Å². The smallest absolute Gasteiger partial charge is 0.119 e. The molecule has 1 atom stereocenters. The Morgan fingerprint density at radius 1 is 1.06 bits per heavy atom. The van der Waals surface area contributed by atoms with Crippen LogP contribution in [0.3, 0.4) is 0 Å². The third-order valence-corrected chi connectivity index (χ3v) is 2.99. The largest absolute Gasteiger partial charge is 0.508 e. The Morgan fingerprint density at radius 2 is 1.75 bits per heavy atom. The Hall–Kier alpha value is -1.47. The molecule has 0 spiro atoms. The topological polar surface area (TPSA) is 20.2 Å². The molecule has 0 saturated heterocycles. The van der Waals surface area contributed by atoms with Gasteiger partial charge in [-0.25, -0.2) is 0 Å². The Labute approximate surface area is 100 Å². The highest BCUT2D eigenvalue weighted by molar-refractivity contribution is 6.30. The summed E-state index contributed by atoms with van der Waals surface area (Å²) in [6.07, 6.45) is 0. The van der Waals surface area contributed by atoms with Gasteiger partial charge >= 0.3 is 0 Å². The molecule has 0 aliphatic heterocycles. The molecule has 0 aliphatic rings. The van der Waals surface area contributed by atoms with E-state index in [1.54, 1.807) is 12.1 Å². The molecule has 2 rings (SSSR count). The molecule has 0 aliphatic carbocycles. The second kappa shape index (κ2) is 4.58. The van der Waals surface area contributed by atoms with Crippen molar-refractivity contribution in [3.8, 4) is 5.75 Å². The highest BCUT2D eigenvalue weighted by Gasteiger charge is 2.12. The lowest BCUT2D eigenvalue weighted by Gasteiger charge is -2.14. The zero-order chi connectivity index (χ0) is 11.5. The second-order valence-electron chi connectivity index (χ2n) is 3.84. The average Bonchev–Trinajstić information content (AvgIpc) is 2.32. The molecular formula is C14H13ClO. The van der Waals surface area contributed by atoms with Crippen molar-refractivity contribution in [3.05, 3.63) is 64.7 Å². The van der Waals surface area contributed by atoms with Crippen molar-refractivity contribution in [2.24, 2.45) is 0 Å². The Morgan fingerprint density at radius 3 is 2.44 bits per heavy atom. The third-order valence-electron chi connectivity index (χ3n) is 2.76. The summed E-state index contributed by atoms with van der Waals surface area (Å²) in [7, 11) is 0. The third kappa shape index (κ3) is 2.20. The normalized spacial score (nSPS) is 12.4. The van der Waals surface area contributed by atoms with Gasteiger partial charge in [0.05, 0.1) is 0 Å². The maximum atomic E-state index is 9.81. The first-order valence-electron chi connectivity index (χ1n) is 5.22. The van der Waals surface area contributed by atoms with Crippen LogP contribution in [0.15, 0.2) is 48.5 Å². The minimum absolute atomic E-state index is 0.139. The molecule has 1 N–H and O–H groups in total. The lowest BCUT2D eigenvalue weighted by Crippen LogP contribution is -1.96. The zero-order valence-corrected chi connectivity index (χ0v) is 9.78. The van der Waals surface area contributed by atoms with Gasteiger partial charge in [-0.2, -0.15) is 0 Å². The van der Waals surface area contributed by atoms with Crippen LogP contribution < -0.4 is 0 Å². The summed E-state index contributed by atoms with van der Waals surface area (Å²) in [6, 6.07) is 15.2. The van der Waals surface area contributed by atoms with Gasteiger partial charge in [0.1, 0.15) is 5.75 Å². The lowest BCUT2D eigenvalue weighted by atomic mass is 9.92. The van der Waals surface area contributed by atoms with Gasteiger partial charge < -0.3 is 5.11 Å². The van der Waals surface area contributed by atoms with Gasteiger partial charge in [0.25, 0.3) is 0 Å². The summed E-state index contributed by atoms with van der Waals surface area (Å²) >= 11 is 5.94. The first kappa shape index (κ1) is 11.0. The van der Waals surface area contributed by atoms with Gasteiger partial charge in [-0.1, -0.05) is 48.9 Å². The van der Waals surface area contributed by atoms with Crippen LogP contribution in [0.5, 0.6) is 5.75 Å². The van der Waals surface area contributed by atoms with E-state index in [9.17, 15) is 5.11 Å². The number of benzene rings is 2. The standard InChI is InChI=1S/C14H13ClO/c1-10(11-5-3-2-4-6-11)13-9-12(15)7-8-14(13)16/h2-10,16H,1H3/t10-/m0/s1. The van der Waals surface area contributed by atoms with Crippen LogP contribution in [0.25, 0.3) is 0 Å². The summed E-state index contributed by atoms with van der Waals surface area (Å²) in [5.41, 5.74) is 2.03. The fourth-order valence-corrected chi connectivity index (χ4v) is 1.97. The summed E-state index contributed by atoms with van der Waals surface area (Å²) in [5, 5.41) is 10.5. The summed E-state index contributed by atoms with van der Waals surface area (Å²) in [5.74, 6) is 0.431. The average molecular weight is 233 g/mol. The molecule has 0 unspecified atom stereocenters. The first-order valence-corrected chi connectivity index (χ1v) is 5.59. The molecule has 0 bridgehead atoms. The van der Waals surface area contributed by atoms with Crippen LogP contribution >= 0.6 is 11.6 Å². The number of hydrogen-bond acceptors (Lipinski definition) is 1. The van der Waals surface area contributed by atoms with E-state index in [0.29, 0.717) is 10.8 Å². The Balaban J connectivity index is 2.41. The van der Waals surface area contributed by atoms with Crippen molar-refractivity contribution in [1.82, 2.24) is 0 Å². The van der Waals surface area contributed by atoms with E-state index in [0.717, 1.165) is 5.56 Å². The minimum atomic E-state index is 0.139. The summed E-state index contributed by atoms with van der Waals surface area (Å²) < 4.78 is 0. The molecular weight excluding hydrogens is 220 g/mol. The van der Waals surface area contributed by atoms with Crippen molar-refractivity contribution in [3.63, 3.8) is 0 Å². The van der Waals surface area contributed by atoms with E-state index in [2.05, 4.69) is 6.92 Å². The number of hydrogen-bond donors (Lipinski definition) is 1. The van der Waals surface area contributed by atoms with Crippen LogP contribution in [0.2, 0.25) is 5.02 Å². The van der Waals surface area contributed by atoms with Crippen LogP contribution in [-0.4, -0.2) is 5.11 Å². The Kier molecular flexibility index (Phi) is 3.16. The van der Waals surface area contributed by atoms with Gasteiger partial charge in [-0.15, -0.1) is 0 Å². The number of phenols is 1. The van der Waals surface area contributed by atoms with Gasteiger partial charge in [-0.05, 0) is 23.8 Å². The van der Waals surface area contributed by atoms with E-state index in [-0.39, 0.29) is 5.92 Å². The van der Waals surface area contributed by atoms with Crippen LogP contribution in [0.4, 0.5) is 0 Å². The fourth-order valence-electron chi connectivity index (χ4n) is 1.79. The molecule has 2 aromatic carbocycles. The number of aromatic hydroxyl groups is 1. The molecule has 2 aromatic rings. The first-order chi connectivity index (χ1) is 7.68. The van der Waals surface area contributed by atoms with E-state index in [1.165, 1.54) is 5.56 Å². The molecule has 0 saturated carbocycles. The maximum Gasteiger partial charge on any atom is 0.119 e. The van der Waals surface area contributed by atoms with Gasteiger partial charge in [0.15, 0.2) is 0 Å². The summed E-state index contributed by atoms with van der Waals surface area (Å²) in [6.45, 7) is 2.06. The van der Waals surface area contributed by atoms with Crippen molar-refractivity contribution < 1.29 is 5.11 Å². The zero-order valence-electron chi connectivity index (χ0n) is 9.02. The van der Waals surface area contributed by atoms with Crippen molar-refractivity contribution in [1.29, 1.82) is 0 Å². The predicted molar refractivity (Wildman–Crippen MR) is 67.1 cm³/mol. The van der Waals surface area contributed by atoms with Crippen molar-refractivity contribution in [2.75, 3.05) is 0 Å². The molecule has 0 heterocycles. The van der Waals surface area contributed by atoms with Gasteiger partial charge in [0, 0.05) is 16.5 Å². The molecule has 0 fully saturated rings. The maximum absolute atomic E-state index is 9.81. The predicted octanol–water partition coefficient (Wildman–Crippen LogP) is 4.20. The van der Waals surface area contributed by atoms with Gasteiger partial charge in [0.2, 0.25) is 0 Å². The molecule has 0 amide bonds. The fraction of sp³-hybridized carbons (Fsp3) is 0.143. The molecule has 82 valence electrons. The van der Waals surface area contributed by atoms with Crippen LogP contribution in [0, 0.1) is 0 Å². The quantitative estimate of drug-likeness (QED) is 0.823. The van der Waals surface area contributed by atoms with E-state index in [1.807, 2.05) is 36.4 Å². The highest BCUT2D eigenvalue weighted by Crippen LogP contribution is 2.32. The van der Waals surface area contributed by atoms with Gasteiger partial charge in [-0.3, -0.25) is 0 Å². The van der Waals surface area contributed by atoms with E-state index in [4.69, 9.17) is 11.6 Å². The van der Waals surface area contributed by atoms with Crippen molar-refractivity contribution in [2.45, 2.75) is 12.8 Å².